The molecule has 0 radical (unpaired) electrons. The van der Waals surface area contributed by atoms with E-state index in [9.17, 15) is 14.7 Å². The number of hydrogen-bond acceptors (Lipinski definition) is 4. The number of hydrogen-bond donors (Lipinski definition) is 2. The minimum Gasteiger partial charge on any atom is -0.508 e. The van der Waals surface area contributed by atoms with Gasteiger partial charge in [0.1, 0.15) is 5.75 Å². The third-order valence-electron chi connectivity index (χ3n) is 7.30. The summed E-state index contributed by atoms with van der Waals surface area (Å²) in [6.07, 6.45) is 4.35. The lowest BCUT2D eigenvalue weighted by Gasteiger charge is -2.42. The van der Waals surface area contributed by atoms with E-state index in [1.165, 1.54) is 18.4 Å². The van der Waals surface area contributed by atoms with E-state index in [-0.39, 0.29) is 24.8 Å². The number of nitrogens with zero attached hydrogens (tertiary/aromatic N) is 2. The van der Waals surface area contributed by atoms with E-state index in [0.717, 1.165) is 24.9 Å². The second-order valence-electron chi connectivity index (χ2n) is 9.60. The van der Waals surface area contributed by atoms with E-state index in [2.05, 4.69) is 17.9 Å². The van der Waals surface area contributed by atoms with Crippen molar-refractivity contribution in [1.29, 1.82) is 0 Å². The smallest absolute Gasteiger partial charge is 0.303 e. The largest absolute Gasteiger partial charge is 0.508 e. The summed E-state index contributed by atoms with van der Waals surface area (Å²) < 4.78 is 0. The van der Waals surface area contributed by atoms with Crippen LogP contribution in [0.1, 0.15) is 62.5 Å². The quantitative estimate of drug-likeness (QED) is 0.592. The van der Waals surface area contributed by atoms with Crippen LogP contribution in [0.5, 0.6) is 5.75 Å². The number of rotatable bonds is 9. The molecule has 2 N–H and O–H groups in total. The summed E-state index contributed by atoms with van der Waals surface area (Å²) in [5, 5.41) is 18.9. The van der Waals surface area contributed by atoms with Gasteiger partial charge in [0.15, 0.2) is 0 Å². The number of benzene rings is 2. The van der Waals surface area contributed by atoms with Crippen LogP contribution < -0.4 is 0 Å². The Hall–Kier alpha value is -2.86. The van der Waals surface area contributed by atoms with Gasteiger partial charge in [-0.3, -0.25) is 14.5 Å². The number of fused-ring (bicyclic) bond motifs is 2. The van der Waals surface area contributed by atoms with Crippen LogP contribution in [0.15, 0.2) is 54.6 Å². The van der Waals surface area contributed by atoms with Crippen LogP contribution in [0.3, 0.4) is 0 Å². The van der Waals surface area contributed by atoms with Crippen molar-refractivity contribution < 1.29 is 19.8 Å². The summed E-state index contributed by atoms with van der Waals surface area (Å²) in [5.74, 6) is -0.260. The summed E-state index contributed by atoms with van der Waals surface area (Å²) >= 11 is 0. The van der Waals surface area contributed by atoms with Gasteiger partial charge in [-0.2, -0.15) is 0 Å². The summed E-state index contributed by atoms with van der Waals surface area (Å²) in [7, 11) is 0. The first-order chi connectivity index (χ1) is 15.9. The van der Waals surface area contributed by atoms with Gasteiger partial charge in [0.2, 0.25) is 5.91 Å². The van der Waals surface area contributed by atoms with E-state index >= 15 is 0 Å². The number of carbonyl (C=O) groups is 2. The van der Waals surface area contributed by atoms with Crippen LogP contribution in [0.25, 0.3) is 0 Å². The average Bonchev–Trinajstić information content (AvgIpc) is 3.02. The highest BCUT2D eigenvalue weighted by molar-refractivity contribution is 5.81. The van der Waals surface area contributed by atoms with Crippen LogP contribution in [0, 0.1) is 0 Å². The van der Waals surface area contributed by atoms with Crippen molar-refractivity contribution in [1.82, 2.24) is 9.80 Å². The topological polar surface area (TPSA) is 81.1 Å². The molecule has 6 nitrogen and oxygen atoms in total. The fraction of sp³-hybridized carbons (Fsp3) is 0.481. The molecule has 2 aliphatic rings. The number of aliphatic carboxylic acids is 1. The maximum atomic E-state index is 13.0. The van der Waals surface area contributed by atoms with Crippen molar-refractivity contribution >= 4 is 11.9 Å². The molecule has 2 heterocycles. The summed E-state index contributed by atoms with van der Waals surface area (Å²) in [5.41, 5.74) is 2.27. The molecule has 0 unspecified atom stereocenters. The maximum Gasteiger partial charge on any atom is 0.303 e. The molecule has 0 aliphatic carbocycles. The van der Waals surface area contributed by atoms with E-state index < -0.39 is 5.97 Å². The molecule has 0 aromatic heterocycles. The molecular formula is C27H34N2O4. The van der Waals surface area contributed by atoms with Crippen molar-refractivity contribution in [2.24, 2.45) is 0 Å². The molecule has 2 saturated heterocycles. The summed E-state index contributed by atoms with van der Waals surface area (Å²) in [6, 6.07) is 18.5. The monoisotopic (exact) mass is 450 g/mol. The lowest BCUT2D eigenvalue weighted by atomic mass is 9.85. The van der Waals surface area contributed by atoms with Gasteiger partial charge in [-0.1, -0.05) is 42.5 Å². The Balaban J connectivity index is 1.44. The second kappa shape index (κ2) is 10.4. The molecule has 4 atom stereocenters. The first-order valence-corrected chi connectivity index (χ1v) is 12.0. The molecular weight excluding hydrogens is 416 g/mol. The first kappa shape index (κ1) is 23.3. The number of phenols is 1. The first-order valence-electron chi connectivity index (χ1n) is 12.0. The minimum atomic E-state index is -0.942. The lowest BCUT2D eigenvalue weighted by Crippen LogP contribution is -2.50. The zero-order valence-corrected chi connectivity index (χ0v) is 19.3. The van der Waals surface area contributed by atoms with E-state index in [0.29, 0.717) is 30.3 Å². The molecule has 0 spiro atoms. The average molecular weight is 451 g/mol. The predicted octanol–water partition coefficient (Wildman–Crippen LogP) is 4.38. The Kier molecular flexibility index (Phi) is 7.33. The Morgan fingerprint density at radius 2 is 1.73 bits per heavy atom. The van der Waals surface area contributed by atoms with Gasteiger partial charge in [0, 0.05) is 37.6 Å². The standard InChI is InChI=1S/C27H34N2O4/c1-19(28(26(31)12-13-27(32)33)18-20-6-3-2-4-7-20)17-29-23-10-11-24(29)15-22(14-23)21-8-5-9-25(30)16-21/h2-9,16,19,22-24,30H,10-15,17-18H2,1H3,(H,32,33)/t19-,22-,23+,24-/m1/s1. The van der Waals surface area contributed by atoms with Crippen molar-refractivity contribution in [3.63, 3.8) is 0 Å². The molecule has 0 saturated carbocycles. The summed E-state index contributed by atoms with van der Waals surface area (Å²) in [6.45, 7) is 3.38. The second-order valence-corrected chi connectivity index (χ2v) is 9.60. The van der Waals surface area contributed by atoms with Crippen LogP contribution in [0.2, 0.25) is 0 Å². The third kappa shape index (κ3) is 5.74. The van der Waals surface area contributed by atoms with E-state index in [1.807, 2.05) is 47.4 Å². The van der Waals surface area contributed by atoms with Crippen molar-refractivity contribution in [2.75, 3.05) is 6.54 Å². The zero-order valence-electron chi connectivity index (χ0n) is 19.3. The van der Waals surface area contributed by atoms with Crippen LogP contribution in [-0.4, -0.2) is 56.6 Å². The van der Waals surface area contributed by atoms with Crippen LogP contribution in [-0.2, 0) is 16.1 Å². The van der Waals surface area contributed by atoms with Crippen LogP contribution >= 0.6 is 0 Å². The van der Waals surface area contributed by atoms with Gasteiger partial charge in [-0.15, -0.1) is 0 Å². The number of amides is 1. The Morgan fingerprint density at radius 3 is 2.36 bits per heavy atom. The van der Waals surface area contributed by atoms with Gasteiger partial charge >= 0.3 is 5.97 Å². The van der Waals surface area contributed by atoms with Crippen molar-refractivity contribution in [3.8, 4) is 5.75 Å². The molecule has 2 aromatic rings. The highest BCUT2D eigenvalue weighted by Crippen LogP contribution is 2.43. The highest BCUT2D eigenvalue weighted by atomic mass is 16.4. The van der Waals surface area contributed by atoms with Gasteiger partial charge in [-0.05, 0) is 61.8 Å². The molecule has 176 valence electrons. The number of phenolic OH excluding ortho intramolecular Hbond substituents is 1. The molecule has 6 heteroatoms. The highest BCUT2D eigenvalue weighted by Gasteiger charge is 2.42. The van der Waals surface area contributed by atoms with Gasteiger partial charge in [-0.25, -0.2) is 0 Å². The normalized spacial score (nSPS) is 23.2. The van der Waals surface area contributed by atoms with Crippen molar-refractivity contribution in [2.45, 2.75) is 76.0 Å². The summed E-state index contributed by atoms with van der Waals surface area (Å²) in [4.78, 5) is 28.5. The number of carboxylic acid groups (broad SMARTS) is 1. The Bertz CT molecular complexity index is 950. The SMILES string of the molecule is C[C@H](CN1[C@@H]2CC[C@H]1C[C@@H](c1cccc(O)c1)C2)N(Cc1ccccc1)C(=O)CCC(=O)O. The molecule has 4 rings (SSSR count). The molecule has 2 fully saturated rings. The maximum absolute atomic E-state index is 13.0. The molecule has 2 bridgehead atoms. The predicted molar refractivity (Wildman–Crippen MR) is 127 cm³/mol. The number of carboxylic acids is 1. The van der Waals surface area contributed by atoms with E-state index in [1.54, 1.807) is 6.07 Å². The lowest BCUT2D eigenvalue weighted by molar-refractivity contribution is -0.142. The van der Waals surface area contributed by atoms with Gasteiger partial charge in [0.05, 0.1) is 6.42 Å². The molecule has 33 heavy (non-hydrogen) atoms. The molecule has 2 aromatic carbocycles. The van der Waals surface area contributed by atoms with Crippen molar-refractivity contribution in [3.05, 3.63) is 65.7 Å². The Morgan fingerprint density at radius 1 is 1.03 bits per heavy atom. The van der Waals surface area contributed by atoms with Crippen LogP contribution in [0.4, 0.5) is 0 Å². The van der Waals surface area contributed by atoms with Gasteiger partial charge < -0.3 is 15.1 Å². The minimum absolute atomic E-state index is 0.00748. The number of carbonyl (C=O) groups excluding carboxylic acids is 1. The number of piperidine rings is 1. The fourth-order valence-corrected chi connectivity index (χ4v) is 5.65. The van der Waals surface area contributed by atoms with E-state index in [4.69, 9.17) is 5.11 Å². The number of aromatic hydroxyl groups is 1. The Labute approximate surface area is 195 Å². The zero-order chi connectivity index (χ0) is 23.4. The molecule has 2 aliphatic heterocycles. The fourth-order valence-electron chi connectivity index (χ4n) is 5.65. The third-order valence-corrected chi connectivity index (χ3v) is 7.30. The molecule has 1 amide bonds. The van der Waals surface area contributed by atoms with Gasteiger partial charge in [0.25, 0.3) is 0 Å².